The lowest BCUT2D eigenvalue weighted by molar-refractivity contribution is -0.132. The lowest BCUT2D eigenvalue weighted by atomic mass is 9.92. The van der Waals surface area contributed by atoms with Crippen LogP contribution in [-0.2, 0) is 10.3 Å². The standard InChI is InChI=1S/C17H14BrN3O3/c1-17(11-7-3-2-4-8-11)15(23)21(16(24)19-17)20-14(22)12-9-5-6-10-13(12)18/h2-10H,1H3,(H,19,24)(H,20,22). The van der Waals surface area contributed by atoms with Gasteiger partial charge in [0, 0.05) is 4.47 Å². The summed E-state index contributed by atoms with van der Waals surface area (Å²) in [6.07, 6.45) is 0. The molecule has 3 rings (SSSR count). The van der Waals surface area contributed by atoms with E-state index in [-0.39, 0.29) is 0 Å². The fourth-order valence-corrected chi connectivity index (χ4v) is 2.98. The first-order valence-electron chi connectivity index (χ1n) is 7.21. The first-order chi connectivity index (χ1) is 11.4. The molecule has 0 saturated carbocycles. The van der Waals surface area contributed by atoms with Crippen LogP contribution in [0.4, 0.5) is 4.79 Å². The Morgan fingerprint density at radius 1 is 1.08 bits per heavy atom. The molecule has 2 aromatic rings. The van der Waals surface area contributed by atoms with E-state index in [4.69, 9.17) is 0 Å². The van der Waals surface area contributed by atoms with Gasteiger partial charge in [0.1, 0.15) is 5.54 Å². The minimum atomic E-state index is -1.22. The molecule has 1 aliphatic heterocycles. The summed E-state index contributed by atoms with van der Waals surface area (Å²) in [4.78, 5) is 37.2. The maximum atomic E-state index is 12.7. The highest BCUT2D eigenvalue weighted by molar-refractivity contribution is 9.10. The van der Waals surface area contributed by atoms with E-state index in [2.05, 4.69) is 26.7 Å². The Hall–Kier alpha value is -2.67. The van der Waals surface area contributed by atoms with Gasteiger partial charge in [-0.2, -0.15) is 5.01 Å². The summed E-state index contributed by atoms with van der Waals surface area (Å²) in [5.41, 5.74) is 2.11. The topological polar surface area (TPSA) is 78.5 Å². The Kier molecular flexibility index (Phi) is 4.11. The largest absolute Gasteiger partial charge is 0.344 e. The summed E-state index contributed by atoms with van der Waals surface area (Å²) >= 11 is 3.27. The Morgan fingerprint density at radius 2 is 1.71 bits per heavy atom. The average molecular weight is 388 g/mol. The van der Waals surface area contributed by atoms with Crippen molar-refractivity contribution in [2.24, 2.45) is 0 Å². The van der Waals surface area contributed by atoms with E-state index in [9.17, 15) is 14.4 Å². The molecule has 6 nitrogen and oxygen atoms in total. The zero-order valence-electron chi connectivity index (χ0n) is 12.7. The minimum Gasteiger partial charge on any atom is -0.318 e. The number of nitrogens with one attached hydrogen (secondary N) is 2. The summed E-state index contributed by atoms with van der Waals surface area (Å²) in [6.45, 7) is 1.60. The number of carbonyl (C=O) groups excluding carboxylic acids is 3. The van der Waals surface area contributed by atoms with E-state index in [1.807, 2.05) is 6.07 Å². The van der Waals surface area contributed by atoms with Crippen molar-refractivity contribution in [2.45, 2.75) is 12.5 Å². The number of hydrazine groups is 1. The lowest BCUT2D eigenvalue weighted by Gasteiger charge is -2.22. The highest BCUT2D eigenvalue weighted by Crippen LogP contribution is 2.28. The third-order valence-electron chi connectivity index (χ3n) is 3.87. The molecule has 4 amide bonds. The molecular weight excluding hydrogens is 374 g/mol. The van der Waals surface area contributed by atoms with Gasteiger partial charge < -0.3 is 5.32 Å². The van der Waals surface area contributed by atoms with Crippen molar-refractivity contribution in [1.82, 2.24) is 15.8 Å². The summed E-state index contributed by atoms with van der Waals surface area (Å²) in [7, 11) is 0. The molecule has 122 valence electrons. The van der Waals surface area contributed by atoms with Crippen LogP contribution >= 0.6 is 15.9 Å². The number of imide groups is 1. The molecule has 1 saturated heterocycles. The SMILES string of the molecule is CC1(c2ccccc2)NC(=O)N(NC(=O)c2ccccc2Br)C1=O. The number of hydrogen-bond donors (Lipinski definition) is 2. The van der Waals surface area contributed by atoms with Crippen LogP contribution in [0, 0.1) is 0 Å². The number of amides is 4. The molecule has 1 fully saturated rings. The zero-order valence-corrected chi connectivity index (χ0v) is 14.3. The van der Waals surface area contributed by atoms with Gasteiger partial charge >= 0.3 is 6.03 Å². The van der Waals surface area contributed by atoms with Gasteiger partial charge in [-0.15, -0.1) is 0 Å². The number of halogens is 1. The Bertz CT molecular complexity index is 825. The Morgan fingerprint density at radius 3 is 2.38 bits per heavy atom. The molecule has 7 heteroatoms. The van der Waals surface area contributed by atoms with E-state index in [0.717, 1.165) is 5.01 Å². The molecular formula is C17H14BrN3O3. The van der Waals surface area contributed by atoms with Crippen LogP contribution in [0.1, 0.15) is 22.8 Å². The molecule has 0 spiro atoms. The number of carbonyl (C=O) groups is 3. The molecule has 2 aromatic carbocycles. The van der Waals surface area contributed by atoms with E-state index < -0.39 is 23.4 Å². The van der Waals surface area contributed by atoms with Crippen LogP contribution in [-0.4, -0.2) is 22.9 Å². The average Bonchev–Trinajstić information content (AvgIpc) is 2.80. The molecule has 1 atom stereocenters. The van der Waals surface area contributed by atoms with Gasteiger partial charge in [-0.05, 0) is 40.5 Å². The molecule has 0 radical (unpaired) electrons. The first kappa shape index (κ1) is 16.2. The number of hydrogen-bond acceptors (Lipinski definition) is 3. The molecule has 1 heterocycles. The van der Waals surface area contributed by atoms with E-state index in [0.29, 0.717) is 15.6 Å². The lowest BCUT2D eigenvalue weighted by Crippen LogP contribution is -2.48. The number of urea groups is 1. The second kappa shape index (κ2) is 6.09. The van der Waals surface area contributed by atoms with E-state index >= 15 is 0 Å². The maximum Gasteiger partial charge on any atom is 0.344 e. The van der Waals surface area contributed by atoms with Crippen LogP contribution in [0.25, 0.3) is 0 Å². The molecule has 1 aliphatic rings. The van der Waals surface area contributed by atoms with Gasteiger partial charge in [0.2, 0.25) is 0 Å². The Labute approximate surface area is 146 Å². The van der Waals surface area contributed by atoms with Gasteiger partial charge in [-0.1, -0.05) is 42.5 Å². The fraction of sp³-hybridized carbons (Fsp3) is 0.118. The summed E-state index contributed by atoms with van der Waals surface area (Å²) in [6, 6.07) is 15.0. The zero-order chi connectivity index (χ0) is 17.3. The van der Waals surface area contributed by atoms with Crippen LogP contribution in [0.15, 0.2) is 59.1 Å². The van der Waals surface area contributed by atoms with Gasteiger partial charge in [0.05, 0.1) is 5.56 Å². The van der Waals surface area contributed by atoms with Gasteiger partial charge in [-0.25, -0.2) is 4.79 Å². The number of nitrogens with zero attached hydrogens (tertiary/aromatic N) is 1. The quantitative estimate of drug-likeness (QED) is 0.794. The third-order valence-corrected chi connectivity index (χ3v) is 4.57. The number of benzene rings is 2. The summed E-state index contributed by atoms with van der Waals surface area (Å²) < 4.78 is 0.570. The highest BCUT2D eigenvalue weighted by Gasteiger charge is 2.50. The molecule has 0 bridgehead atoms. The predicted octanol–water partition coefficient (Wildman–Crippen LogP) is 2.56. The van der Waals surface area contributed by atoms with Crippen LogP contribution < -0.4 is 10.7 Å². The monoisotopic (exact) mass is 387 g/mol. The Balaban J connectivity index is 1.85. The summed E-state index contributed by atoms with van der Waals surface area (Å²) in [5.74, 6) is -1.10. The molecule has 0 aliphatic carbocycles. The normalized spacial score (nSPS) is 20.0. The van der Waals surface area contributed by atoms with Crippen molar-refractivity contribution in [3.63, 3.8) is 0 Å². The highest BCUT2D eigenvalue weighted by atomic mass is 79.9. The van der Waals surface area contributed by atoms with Gasteiger partial charge in [-0.3, -0.25) is 15.0 Å². The van der Waals surface area contributed by atoms with Crippen LogP contribution in [0.5, 0.6) is 0 Å². The summed E-state index contributed by atoms with van der Waals surface area (Å²) in [5, 5.41) is 3.35. The minimum absolute atomic E-state index is 0.325. The van der Waals surface area contributed by atoms with Crippen molar-refractivity contribution in [1.29, 1.82) is 0 Å². The maximum absolute atomic E-state index is 12.7. The van der Waals surface area contributed by atoms with Gasteiger partial charge in [0.15, 0.2) is 0 Å². The molecule has 2 N–H and O–H groups in total. The third kappa shape index (κ3) is 2.67. The second-order valence-corrected chi connectivity index (χ2v) is 6.34. The molecule has 24 heavy (non-hydrogen) atoms. The van der Waals surface area contributed by atoms with Gasteiger partial charge in [0.25, 0.3) is 11.8 Å². The fourth-order valence-electron chi connectivity index (χ4n) is 2.51. The van der Waals surface area contributed by atoms with Crippen molar-refractivity contribution in [2.75, 3.05) is 0 Å². The smallest absolute Gasteiger partial charge is 0.318 e. The van der Waals surface area contributed by atoms with Crippen molar-refractivity contribution < 1.29 is 14.4 Å². The first-order valence-corrected chi connectivity index (χ1v) is 8.00. The van der Waals surface area contributed by atoms with Crippen LogP contribution in [0.3, 0.4) is 0 Å². The molecule has 1 unspecified atom stereocenters. The second-order valence-electron chi connectivity index (χ2n) is 5.48. The van der Waals surface area contributed by atoms with Crippen LogP contribution in [0.2, 0.25) is 0 Å². The van der Waals surface area contributed by atoms with Crippen molar-refractivity contribution in [3.8, 4) is 0 Å². The predicted molar refractivity (Wildman–Crippen MR) is 90.8 cm³/mol. The molecule has 0 aromatic heterocycles. The van der Waals surface area contributed by atoms with E-state index in [1.54, 1.807) is 55.5 Å². The van der Waals surface area contributed by atoms with Crippen molar-refractivity contribution >= 4 is 33.8 Å². The number of rotatable bonds is 3. The van der Waals surface area contributed by atoms with E-state index in [1.165, 1.54) is 0 Å². The van der Waals surface area contributed by atoms with Crippen molar-refractivity contribution in [3.05, 3.63) is 70.2 Å².